The van der Waals surface area contributed by atoms with Gasteiger partial charge in [0, 0.05) is 21.9 Å². The molecule has 0 radical (unpaired) electrons. The van der Waals surface area contributed by atoms with Crippen LogP contribution in [0.5, 0.6) is 0 Å². The van der Waals surface area contributed by atoms with Crippen molar-refractivity contribution in [3.8, 4) is 0 Å². The van der Waals surface area contributed by atoms with Crippen LogP contribution >= 0.6 is 11.3 Å². The van der Waals surface area contributed by atoms with E-state index in [-0.39, 0.29) is 35.9 Å². The molecule has 1 atom stereocenters. The first-order valence-corrected chi connectivity index (χ1v) is 9.80. The summed E-state index contributed by atoms with van der Waals surface area (Å²) in [5.41, 5.74) is 1.02. The van der Waals surface area contributed by atoms with Gasteiger partial charge >= 0.3 is 0 Å². The van der Waals surface area contributed by atoms with E-state index in [1.807, 2.05) is 19.1 Å². The van der Waals surface area contributed by atoms with Crippen LogP contribution in [0.1, 0.15) is 53.7 Å². The average Bonchev–Trinajstić information content (AvgIpc) is 3.38. The molecule has 6 nitrogen and oxygen atoms in total. The number of fused-ring (bicyclic) bond motifs is 1. The molecule has 2 aliphatic heterocycles. The van der Waals surface area contributed by atoms with Gasteiger partial charge in [0.1, 0.15) is 0 Å². The standard InChI is InChI=1S/C20H20N2O4S/c1-12-4-6-15(27-12)10-21-18(23)13-5-7-16-17(9-13)20(25)22(19(16)24)11-14-3-2-8-26-14/h4-7,9,14H,2-3,8,10-11H2,1H3,(H,21,23). The largest absolute Gasteiger partial charge is 0.376 e. The zero-order valence-corrected chi connectivity index (χ0v) is 15.8. The van der Waals surface area contributed by atoms with E-state index < -0.39 is 0 Å². The van der Waals surface area contributed by atoms with Gasteiger partial charge in [-0.25, -0.2) is 0 Å². The van der Waals surface area contributed by atoms with Gasteiger partial charge in [0.25, 0.3) is 17.7 Å². The Labute approximate surface area is 161 Å². The van der Waals surface area contributed by atoms with Crippen molar-refractivity contribution in [3.63, 3.8) is 0 Å². The molecule has 0 aliphatic carbocycles. The van der Waals surface area contributed by atoms with Crippen molar-refractivity contribution in [2.45, 2.75) is 32.4 Å². The van der Waals surface area contributed by atoms with Crippen molar-refractivity contribution in [1.82, 2.24) is 10.2 Å². The highest BCUT2D eigenvalue weighted by molar-refractivity contribution is 7.11. The summed E-state index contributed by atoms with van der Waals surface area (Å²) in [6, 6.07) is 8.66. The number of nitrogens with zero attached hydrogens (tertiary/aromatic N) is 1. The third kappa shape index (κ3) is 3.52. The molecule has 140 valence electrons. The quantitative estimate of drug-likeness (QED) is 0.805. The highest BCUT2D eigenvalue weighted by Gasteiger charge is 2.37. The van der Waals surface area contributed by atoms with Crippen LogP contribution in [0.4, 0.5) is 0 Å². The minimum absolute atomic E-state index is 0.0933. The van der Waals surface area contributed by atoms with Gasteiger partial charge in [0.15, 0.2) is 0 Å². The van der Waals surface area contributed by atoms with E-state index in [0.717, 1.165) is 17.7 Å². The second kappa shape index (κ2) is 7.25. The zero-order valence-electron chi connectivity index (χ0n) is 15.0. The number of benzene rings is 1. The normalized spacial score (nSPS) is 18.9. The van der Waals surface area contributed by atoms with E-state index in [9.17, 15) is 14.4 Å². The Morgan fingerprint density at radius 2 is 2.04 bits per heavy atom. The summed E-state index contributed by atoms with van der Waals surface area (Å²) in [5, 5.41) is 2.86. The number of hydrogen-bond acceptors (Lipinski definition) is 5. The van der Waals surface area contributed by atoms with Crippen LogP contribution in [0.3, 0.4) is 0 Å². The molecule has 1 unspecified atom stereocenters. The molecule has 1 saturated heterocycles. The van der Waals surface area contributed by atoms with Crippen LogP contribution in [-0.4, -0.2) is 41.9 Å². The predicted molar refractivity (Wildman–Crippen MR) is 101 cm³/mol. The van der Waals surface area contributed by atoms with Crippen LogP contribution < -0.4 is 5.32 Å². The molecule has 1 aromatic heterocycles. The van der Waals surface area contributed by atoms with Crippen LogP contribution in [-0.2, 0) is 11.3 Å². The maximum atomic E-state index is 12.7. The molecule has 1 N–H and O–H groups in total. The highest BCUT2D eigenvalue weighted by atomic mass is 32.1. The van der Waals surface area contributed by atoms with E-state index in [2.05, 4.69) is 5.32 Å². The van der Waals surface area contributed by atoms with Gasteiger partial charge in [-0.3, -0.25) is 19.3 Å². The Balaban J connectivity index is 1.47. The molecule has 2 aliphatic rings. The molecule has 3 heterocycles. The fourth-order valence-corrected chi connectivity index (χ4v) is 4.27. The molecular weight excluding hydrogens is 364 g/mol. The summed E-state index contributed by atoms with van der Waals surface area (Å²) in [4.78, 5) is 41.1. The summed E-state index contributed by atoms with van der Waals surface area (Å²) >= 11 is 1.63. The molecule has 2 aromatic rings. The Morgan fingerprint density at radius 1 is 1.22 bits per heavy atom. The third-order valence-electron chi connectivity index (χ3n) is 4.86. The maximum absolute atomic E-state index is 12.7. The third-order valence-corrected chi connectivity index (χ3v) is 5.86. The van der Waals surface area contributed by atoms with Gasteiger partial charge in [0.05, 0.1) is 30.3 Å². The number of nitrogens with one attached hydrogen (secondary N) is 1. The van der Waals surface area contributed by atoms with Crippen molar-refractivity contribution in [1.29, 1.82) is 0 Å². The van der Waals surface area contributed by atoms with Crippen molar-refractivity contribution in [2.24, 2.45) is 0 Å². The number of carbonyl (C=O) groups excluding carboxylic acids is 3. The van der Waals surface area contributed by atoms with E-state index in [0.29, 0.717) is 24.3 Å². The lowest BCUT2D eigenvalue weighted by Crippen LogP contribution is -2.36. The van der Waals surface area contributed by atoms with Crippen LogP contribution in [0.15, 0.2) is 30.3 Å². The summed E-state index contributed by atoms with van der Waals surface area (Å²) in [5.74, 6) is -0.928. The molecule has 0 spiro atoms. The molecule has 4 rings (SSSR count). The van der Waals surface area contributed by atoms with Gasteiger partial charge in [-0.2, -0.15) is 0 Å². The monoisotopic (exact) mass is 384 g/mol. The molecule has 0 saturated carbocycles. The Morgan fingerprint density at radius 3 is 2.74 bits per heavy atom. The van der Waals surface area contributed by atoms with Gasteiger partial charge in [-0.15, -0.1) is 11.3 Å². The van der Waals surface area contributed by atoms with Crippen LogP contribution in [0, 0.1) is 6.92 Å². The molecule has 1 aromatic carbocycles. The fraction of sp³-hybridized carbons (Fsp3) is 0.350. The predicted octanol–water partition coefficient (Wildman–Crippen LogP) is 2.76. The highest BCUT2D eigenvalue weighted by Crippen LogP contribution is 2.26. The van der Waals surface area contributed by atoms with E-state index in [1.54, 1.807) is 23.5 Å². The first-order chi connectivity index (χ1) is 13.0. The van der Waals surface area contributed by atoms with E-state index >= 15 is 0 Å². The van der Waals surface area contributed by atoms with Crippen LogP contribution in [0.25, 0.3) is 0 Å². The Hall–Kier alpha value is -2.51. The minimum Gasteiger partial charge on any atom is -0.376 e. The van der Waals surface area contributed by atoms with Crippen molar-refractivity contribution >= 4 is 29.1 Å². The van der Waals surface area contributed by atoms with Crippen molar-refractivity contribution in [3.05, 3.63) is 56.8 Å². The van der Waals surface area contributed by atoms with Crippen LogP contribution in [0.2, 0.25) is 0 Å². The number of rotatable bonds is 5. The lowest BCUT2D eigenvalue weighted by molar-refractivity contribution is 0.0475. The molecule has 7 heteroatoms. The average molecular weight is 384 g/mol. The summed E-state index contributed by atoms with van der Waals surface area (Å²) in [7, 11) is 0. The molecule has 1 fully saturated rings. The SMILES string of the molecule is Cc1ccc(CNC(=O)c2ccc3c(c2)C(=O)N(CC2CCCO2)C3=O)s1. The maximum Gasteiger partial charge on any atom is 0.261 e. The second-order valence-electron chi connectivity index (χ2n) is 6.81. The van der Waals surface area contributed by atoms with E-state index in [4.69, 9.17) is 4.74 Å². The van der Waals surface area contributed by atoms with Crippen molar-refractivity contribution in [2.75, 3.05) is 13.2 Å². The molecule has 3 amide bonds. The van der Waals surface area contributed by atoms with Gasteiger partial charge < -0.3 is 10.1 Å². The summed E-state index contributed by atoms with van der Waals surface area (Å²) < 4.78 is 5.54. The number of hydrogen-bond donors (Lipinski definition) is 1. The first-order valence-electron chi connectivity index (χ1n) is 8.98. The zero-order chi connectivity index (χ0) is 19.0. The smallest absolute Gasteiger partial charge is 0.261 e. The number of imide groups is 1. The van der Waals surface area contributed by atoms with Gasteiger partial charge in [-0.05, 0) is 50.1 Å². The molecular formula is C20H20N2O4S. The molecule has 0 bridgehead atoms. The Bertz CT molecular complexity index is 914. The fourth-order valence-electron chi connectivity index (χ4n) is 3.44. The first kappa shape index (κ1) is 17.9. The van der Waals surface area contributed by atoms with Gasteiger partial charge in [0.2, 0.25) is 0 Å². The number of carbonyl (C=O) groups is 3. The number of ether oxygens (including phenoxy) is 1. The lowest BCUT2D eigenvalue weighted by Gasteiger charge is -2.17. The number of thiophene rings is 1. The number of amides is 3. The van der Waals surface area contributed by atoms with Gasteiger partial charge in [-0.1, -0.05) is 0 Å². The van der Waals surface area contributed by atoms with Crippen molar-refractivity contribution < 1.29 is 19.1 Å². The molecule has 27 heavy (non-hydrogen) atoms. The Kier molecular flexibility index (Phi) is 4.80. The minimum atomic E-state index is -0.353. The second-order valence-corrected chi connectivity index (χ2v) is 8.18. The summed E-state index contributed by atoms with van der Waals surface area (Å²) in [6.07, 6.45) is 1.70. The lowest BCUT2D eigenvalue weighted by atomic mass is 10.1. The number of aryl methyl sites for hydroxylation is 1. The van der Waals surface area contributed by atoms with E-state index in [1.165, 1.54) is 15.8 Å². The summed E-state index contributed by atoms with van der Waals surface area (Å²) in [6.45, 7) is 3.39. The topological polar surface area (TPSA) is 75.7 Å².